The summed E-state index contributed by atoms with van der Waals surface area (Å²) < 4.78 is 19.1. The maximum Gasteiger partial charge on any atom is 0.418 e. The predicted molar refractivity (Wildman–Crippen MR) is 145 cm³/mol. The average Bonchev–Trinajstić information content (AvgIpc) is 3.65. The number of hydrogen-bond acceptors (Lipinski definition) is 6. The maximum atomic E-state index is 13.6. The highest BCUT2D eigenvalue weighted by molar-refractivity contribution is 6.06. The molecule has 2 atom stereocenters. The van der Waals surface area contributed by atoms with Gasteiger partial charge in [0.2, 0.25) is 17.4 Å². The number of halogens is 1. The summed E-state index contributed by atoms with van der Waals surface area (Å²) in [4.78, 5) is 54.9. The number of carbonyl (C=O) groups is 4. The molecule has 0 radical (unpaired) electrons. The number of nitrogens with one attached hydrogen (secondary N) is 1. The van der Waals surface area contributed by atoms with Gasteiger partial charge in [0.25, 0.3) is 5.91 Å². The summed E-state index contributed by atoms with van der Waals surface area (Å²) >= 11 is 0. The van der Waals surface area contributed by atoms with Crippen LogP contribution < -0.4 is 11.1 Å². The van der Waals surface area contributed by atoms with Crippen LogP contribution in [-0.2, 0) is 37.7 Å². The molecule has 2 fully saturated rings. The Morgan fingerprint density at radius 1 is 1.18 bits per heavy atom. The van der Waals surface area contributed by atoms with Crippen LogP contribution in [0.2, 0.25) is 0 Å². The Balaban J connectivity index is 1.30. The van der Waals surface area contributed by atoms with Crippen LogP contribution >= 0.6 is 0 Å². The first kappa shape index (κ1) is 27.8. The number of fused-ring (bicyclic) bond motifs is 2. The molecule has 40 heavy (non-hydrogen) atoms. The van der Waals surface area contributed by atoms with E-state index in [-0.39, 0.29) is 36.5 Å². The molecule has 10 heteroatoms. The van der Waals surface area contributed by atoms with Gasteiger partial charge >= 0.3 is 6.09 Å². The quantitative estimate of drug-likeness (QED) is 0.465. The first-order valence-corrected chi connectivity index (χ1v) is 13.8. The molecule has 1 saturated carbocycles. The number of rotatable bonds is 10. The van der Waals surface area contributed by atoms with Gasteiger partial charge < -0.3 is 20.7 Å². The van der Waals surface area contributed by atoms with Crippen molar-refractivity contribution in [1.82, 2.24) is 9.80 Å². The number of benzene rings is 2. The molecule has 1 heterocycles. The molecule has 9 nitrogen and oxygen atoms in total. The van der Waals surface area contributed by atoms with Crippen molar-refractivity contribution in [3.05, 3.63) is 65.0 Å². The lowest BCUT2D eigenvalue weighted by Crippen LogP contribution is -2.44. The highest BCUT2D eigenvalue weighted by Crippen LogP contribution is 2.46. The molecule has 0 bridgehead atoms. The summed E-state index contributed by atoms with van der Waals surface area (Å²) in [7, 11) is 0. The van der Waals surface area contributed by atoms with Crippen molar-refractivity contribution in [2.75, 3.05) is 18.4 Å². The molecule has 3 N–H and O–H groups in total. The van der Waals surface area contributed by atoms with Gasteiger partial charge in [-0.25, -0.2) is 14.1 Å². The molecule has 1 spiro atoms. The molecular weight excluding hydrogens is 515 g/mol. The third kappa shape index (κ3) is 5.58. The number of anilines is 1. The lowest BCUT2D eigenvalue weighted by Gasteiger charge is -2.25. The van der Waals surface area contributed by atoms with Gasteiger partial charge in [0, 0.05) is 30.8 Å². The summed E-state index contributed by atoms with van der Waals surface area (Å²) in [6.45, 7) is 4.04. The summed E-state index contributed by atoms with van der Waals surface area (Å²) in [5, 5.41) is 2.81. The molecule has 0 aromatic heterocycles. The van der Waals surface area contributed by atoms with Crippen molar-refractivity contribution < 1.29 is 28.3 Å². The topological polar surface area (TPSA) is 122 Å². The molecule has 2 aromatic rings. The average molecular weight is 551 g/mol. The summed E-state index contributed by atoms with van der Waals surface area (Å²) in [6.07, 6.45) is 2.97. The van der Waals surface area contributed by atoms with Crippen LogP contribution in [0.4, 0.5) is 14.9 Å². The Hall–Kier alpha value is -3.79. The minimum absolute atomic E-state index is 0.0257. The van der Waals surface area contributed by atoms with E-state index in [0.717, 1.165) is 35.3 Å². The number of nitrogens with zero attached hydrogens (tertiary/aromatic N) is 2. The minimum Gasteiger partial charge on any atom is -0.427 e. The fraction of sp³-hybridized carbons (Fsp3) is 0.467. The number of imide groups is 1. The fourth-order valence-electron chi connectivity index (χ4n) is 5.34. The van der Waals surface area contributed by atoms with E-state index in [2.05, 4.69) is 5.32 Å². The van der Waals surface area contributed by atoms with Crippen LogP contribution in [0.15, 0.2) is 42.5 Å². The van der Waals surface area contributed by atoms with Crippen LogP contribution in [0.5, 0.6) is 0 Å². The van der Waals surface area contributed by atoms with E-state index in [1.165, 1.54) is 12.1 Å². The smallest absolute Gasteiger partial charge is 0.418 e. The molecule has 1 aliphatic heterocycles. The number of hydrogen-bond donors (Lipinski definition) is 2. The van der Waals surface area contributed by atoms with E-state index in [9.17, 15) is 23.6 Å². The van der Waals surface area contributed by atoms with Gasteiger partial charge in [0.1, 0.15) is 12.4 Å². The second-order valence-electron chi connectivity index (χ2n) is 11.4. The zero-order valence-corrected chi connectivity index (χ0v) is 22.8. The van der Waals surface area contributed by atoms with Crippen molar-refractivity contribution in [1.29, 1.82) is 0 Å². The SMILES string of the molecule is CC(C)[C@@H](N)C(=O)Nc1ccc2c(c1)CC[C@@]21OC(=O)N(CC(=O)N(CCC2CC2)Cc2ccc(F)cc2)C1=O. The molecule has 5 rings (SSSR count). The van der Waals surface area contributed by atoms with Gasteiger partial charge in [0.05, 0.1) is 6.04 Å². The third-order valence-electron chi connectivity index (χ3n) is 8.08. The number of ether oxygens (including phenoxy) is 1. The maximum absolute atomic E-state index is 13.6. The second-order valence-corrected chi connectivity index (χ2v) is 11.4. The minimum atomic E-state index is -1.49. The summed E-state index contributed by atoms with van der Waals surface area (Å²) in [6, 6.07) is 10.4. The first-order chi connectivity index (χ1) is 19.1. The van der Waals surface area contributed by atoms with Gasteiger partial charge in [-0.05, 0) is 60.1 Å². The monoisotopic (exact) mass is 550 g/mol. The number of amides is 4. The van der Waals surface area contributed by atoms with Crippen molar-refractivity contribution in [3.8, 4) is 0 Å². The number of aryl methyl sites for hydroxylation is 1. The van der Waals surface area contributed by atoms with E-state index in [0.29, 0.717) is 30.1 Å². The van der Waals surface area contributed by atoms with Gasteiger partial charge in [-0.15, -0.1) is 0 Å². The standard InChI is InChI=1S/C30H35FN4O5/c1-18(2)26(32)27(37)33-23-9-10-24-21(15-23)11-13-30(24)28(38)35(29(39)40-30)17-25(36)34(14-12-19-3-4-19)16-20-5-7-22(31)8-6-20/h5-10,15,18-19,26H,3-4,11-14,16-17,32H2,1-2H3,(H,33,37)/t26-,30-/m1/s1. The molecule has 212 valence electrons. The highest BCUT2D eigenvalue weighted by atomic mass is 19.1. The van der Waals surface area contributed by atoms with Crippen molar-refractivity contribution in [2.45, 2.75) is 64.1 Å². The molecular formula is C30H35FN4O5. The van der Waals surface area contributed by atoms with Gasteiger partial charge in [0.15, 0.2) is 0 Å². The van der Waals surface area contributed by atoms with E-state index in [1.807, 2.05) is 13.8 Å². The normalized spacial score (nSPS) is 20.6. The predicted octanol–water partition coefficient (Wildman–Crippen LogP) is 3.70. The van der Waals surface area contributed by atoms with Crippen LogP contribution in [0.25, 0.3) is 0 Å². The van der Waals surface area contributed by atoms with E-state index < -0.39 is 30.2 Å². The van der Waals surface area contributed by atoms with Crippen molar-refractivity contribution >= 4 is 29.5 Å². The largest absolute Gasteiger partial charge is 0.427 e. The zero-order chi connectivity index (χ0) is 28.6. The van der Waals surface area contributed by atoms with Crippen LogP contribution in [0, 0.1) is 17.7 Å². The Kier molecular flexibility index (Phi) is 7.63. The number of nitrogens with two attached hydrogens (primary N) is 1. The van der Waals surface area contributed by atoms with Gasteiger partial charge in [-0.3, -0.25) is 14.4 Å². The van der Waals surface area contributed by atoms with Gasteiger partial charge in [-0.1, -0.05) is 44.9 Å². The Labute approximate surface area is 232 Å². The third-order valence-corrected chi connectivity index (χ3v) is 8.08. The Morgan fingerprint density at radius 3 is 2.58 bits per heavy atom. The van der Waals surface area contributed by atoms with Crippen molar-refractivity contribution in [3.63, 3.8) is 0 Å². The van der Waals surface area contributed by atoms with Crippen LogP contribution in [0.1, 0.15) is 56.2 Å². The van der Waals surface area contributed by atoms with E-state index in [1.54, 1.807) is 35.2 Å². The Bertz CT molecular complexity index is 1330. The summed E-state index contributed by atoms with van der Waals surface area (Å²) in [5.74, 6) is -1.04. The lowest BCUT2D eigenvalue weighted by molar-refractivity contribution is -0.142. The zero-order valence-electron chi connectivity index (χ0n) is 22.8. The number of carbonyl (C=O) groups excluding carboxylic acids is 4. The summed E-state index contributed by atoms with van der Waals surface area (Å²) in [5.41, 5.74) is 7.11. The molecule has 3 aliphatic rings. The highest BCUT2D eigenvalue weighted by Gasteiger charge is 2.58. The van der Waals surface area contributed by atoms with Gasteiger partial charge in [-0.2, -0.15) is 0 Å². The molecule has 4 amide bonds. The van der Waals surface area contributed by atoms with E-state index >= 15 is 0 Å². The fourth-order valence-corrected chi connectivity index (χ4v) is 5.34. The van der Waals surface area contributed by atoms with Crippen molar-refractivity contribution in [2.24, 2.45) is 17.6 Å². The van der Waals surface area contributed by atoms with Crippen LogP contribution in [0.3, 0.4) is 0 Å². The van der Waals surface area contributed by atoms with Crippen LogP contribution in [-0.4, -0.2) is 52.7 Å². The molecule has 2 aliphatic carbocycles. The Morgan fingerprint density at radius 2 is 1.90 bits per heavy atom. The second kappa shape index (κ2) is 11.0. The van der Waals surface area contributed by atoms with E-state index in [4.69, 9.17) is 10.5 Å². The molecule has 1 saturated heterocycles. The first-order valence-electron chi connectivity index (χ1n) is 13.8. The molecule has 0 unspecified atom stereocenters. The molecule has 2 aromatic carbocycles. The lowest BCUT2D eigenvalue weighted by atomic mass is 9.94.